The Hall–Kier alpha value is -2.63. The van der Waals surface area contributed by atoms with Gasteiger partial charge in [0.2, 0.25) is 0 Å². The number of aryl methyl sites for hydroxylation is 1. The van der Waals surface area contributed by atoms with Gasteiger partial charge >= 0.3 is 0 Å². The first-order valence-corrected chi connectivity index (χ1v) is 13.0. The van der Waals surface area contributed by atoms with Gasteiger partial charge in [-0.3, -0.25) is 9.10 Å². The molecule has 10 heteroatoms. The molecule has 0 fully saturated rings. The molecule has 0 unspecified atom stereocenters. The van der Waals surface area contributed by atoms with Crippen LogP contribution < -0.4 is 14.5 Å². The van der Waals surface area contributed by atoms with Crippen molar-refractivity contribution in [3.8, 4) is 5.75 Å². The summed E-state index contributed by atoms with van der Waals surface area (Å²) in [5.74, 6) is -0.367. The molecule has 3 aromatic carbocycles. The molecule has 0 saturated heterocycles. The van der Waals surface area contributed by atoms with Gasteiger partial charge in [-0.1, -0.05) is 41.4 Å². The fraction of sp³-hybridized carbons (Fsp3) is 0.167. The molecule has 0 heterocycles. The number of anilines is 1. The lowest BCUT2D eigenvalue weighted by molar-refractivity contribution is -0.119. The van der Waals surface area contributed by atoms with Crippen LogP contribution in [0.3, 0.4) is 0 Å². The molecule has 0 atom stereocenters. The zero-order valence-corrected chi connectivity index (χ0v) is 22.5. The summed E-state index contributed by atoms with van der Waals surface area (Å²) in [6, 6.07) is 18.6. The molecule has 178 valence electrons. The van der Waals surface area contributed by atoms with Gasteiger partial charge in [0.25, 0.3) is 15.9 Å². The number of sulfonamides is 1. The van der Waals surface area contributed by atoms with Crippen LogP contribution in [0, 0.1) is 10.5 Å². The molecule has 0 bridgehead atoms. The standard InChI is InChI=1S/C24H23ClIN3O4S/c1-16-7-10-21(11-8-16)34(31,32)29(22-14-19(25)9-12-23(22)33-3)15-24(30)28-27-17(2)18-5-4-6-20(26)13-18/h4-14H,15H2,1-3H3,(H,28,30)/b27-17-. The number of nitrogens with one attached hydrogen (secondary N) is 1. The van der Waals surface area contributed by atoms with Crippen LogP contribution >= 0.6 is 34.2 Å². The molecular weight excluding hydrogens is 589 g/mol. The van der Waals surface area contributed by atoms with Crippen LogP contribution in [-0.2, 0) is 14.8 Å². The minimum Gasteiger partial charge on any atom is -0.495 e. The molecule has 0 radical (unpaired) electrons. The van der Waals surface area contributed by atoms with E-state index < -0.39 is 22.5 Å². The third-order valence-electron chi connectivity index (χ3n) is 4.90. The maximum Gasteiger partial charge on any atom is 0.264 e. The van der Waals surface area contributed by atoms with Gasteiger partial charge < -0.3 is 4.74 Å². The highest BCUT2D eigenvalue weighted by Gasteiger charge is 2.29. The van der Waals surface area contributed by atoms with Gasteiger partial charge in [0.15, 0.2) is 0 Å². The Bertz CT molecular complexity index is 1330. The SMILES string of the molecule is COc1ccc(Cl)cc1N(CC(=O)N/N=C(/C)c1cccc(I)c1)S(=O)(=O)c1ccc(C)cc1. The van der Waals surface area contributed by atoms with Crippen LogP contribution in [0.5, 0.6) is 5.75 Å². The number of amides is 1. The van der Waals surface area contributed by atoms with Crippen molar-refractivity contribution in [3.63, 3.8) is 0 Å². The number of hydrazone groups is 1. The second kappa shape index (κ2) is 11.2. The highest BCUT2D eigenvalue weighted by atomic mass is 127. The van der Waals surface area contributed by atoms with Crippen molar-refractivity contribution in [1.82, 2.24) is 5.43 Å². The van der Waals surface area contributed by atoms with Crippen molar-refractivity contribution in [2.75, 3.05) is 18.0 Å². The number of benzene rings is 3. The van der Waals surface area contributed by atoms with E-state index in [9.17, 15) is 13.2 Å². The predicted molar refractivity (Wildman–Crippen MR) is 143 cm³/mol. The molecule has 0 saturated carbocycles. The van der Waals surface area contributed by atoms with Crippen LogP contribution in [0.4, 0.5) is 5.69 Å². The second-order valence-corrected chi connectivity index (χ2v) is 10.9. The number of carbonyl (C=O) groups excluding carboxylic acids is 1. The molecule has 1 N–H and O–H groups in total. The van der Waals surface area contributed by atoms with E-state index in [0.29, 0.717) is 10.7 Å². The first-order valence-electron chi connectivity index (χ1n) is 10.1. The van der Waals surface area contributed by atoms with Crippen molar-refractivity contribution in [3.05, 3.63) is 86.4 Å². The fourth-order valence-corrected chi connectivity index (χ4v) is 5.22. The monoisotopic (exact) mass is 611 g/mol. The van der Waals surface area contributed by atoms with Crippen molar-refractivity contribution in [1.29, 1.82) is 0 Å². The van der Waals surface area contributed by atoms with Gasteiger partial charge in [-0.05, 0) is 84.5 Å². The van der Waals surface area contributed by atoms with Crippen molar-refractivity contribution in [2.24, 2.45) is 5.10 Å². The Balaban J connectivity index is 1.96. The van der Waals surface area contributed by atoms with Crippen molar-refractivity contribution < 1.29 is 17.9 Å². The lowest BCUT2D eigenvalue weighted by Crippen LogP contribution is -2.40. The molecule has 3 aromatic rings. The van der Waals surface area contributed by atoms with E-state index in [0.717, 1.165) is 19.0 Å². The fourth-order valence-electron chi connectivity index (χ4n) is 3.09. The Kier molecular flexibility index (Phi) is 8.56. The third-order valence-corrected chi connectivity index (χ3v) is 7.58. The molecule has 0 aliphatic carbocycles. The normalized spacial score (nSPS) is 11.7. The summed E-state index contributed by atoms with van der Waals surface area (Å²) in [4.78, 5) is 12.9. The van der Waals surface area contributed by atoms with Crippen LogP contribution in [0.15, 0.2) is 76.7 Å². The smallest absolute Gasteiger partial charge is 0.264 e. The Labute approximate surface area is 218 Å². The topological polar surface area (TPSA) is 88.1 Å². The Morgan fingerprint density at radius 1 is 1.12 bits per heavy atom. The van der Waals surface area contributed by atoms with Gasteiger partial charge in [-0.25, -0.2) is 13.8 Å². The Morgan fingerprint density at radius 2 is 1.82 bits per heavy atom. The maximum atomic E-state index is 13.6. The maximum absolute atomic E-state index is 13.6. The van der Waals surface area contributed by atoms with Crippen molar-refractivity contribution >= 4 is 61.5 Å². The minimum atomic E-state index is -4.13. The average molecular weight is 612 g/mol. The number of hydrogen-bond acceptors (Lipinski definition) is 5. The van der Waals surface area contributed by atoms with Crippen LogP contribution in [0.1, 0.15) is 18.1 Å². The number of carbonyl (C=O) groups is 1. The van der Waals surface area contributed by atoms with Gasteiger partial charge in [0, 0.05) is 8.59 Å². The number of rotatable bonds is 8. The van der Waals surface area contributed by atoms with Gasteiger partial charge in [-0.2, -0.15) is 5.10 Å². The third kappa shape index (κ3) is 6.28. The van der Waals surface area contributed by atoms with E-state index >= 15 is 0 Å². The second-order valence-electron chi connectivity index (χ2n) is 7.38. The number of nitrogens with zero attached hydrogens (tertiary/aromatic N) is 2. The van der Waals surface area contributed by atoms with Gasteiger partial charge in [0.05, 0.1) is 23.4 Å². The van der Waals surface area contributed by atoms with E-state index in [1.54, 1.807) is 31.2 Å². The van der Waals surface area contributed by atoms with E-state index in [2.05, 4.69) is 33.1 Å². The number of halogens is 2. The molecule has 0 aromatic heterocycles. The highest BCUT2D eigenvalue weighted by molar-refractivity contribution is 14.1. The summed E-state index contributed by atoms with van der Waals surface area (Å²) in [6.45, 7) is 3.08. The zero-order valence-electron chi connectivity index (χ0n) is 18.7. The zero-order chi connectivity index (χ0) is 24.9. The molecule has 3 rings (SSSR count). The largest absolute Gasteiger partial charge is 0.495 e. The molecule has 0 aliphatic heterocycles. The van der Waals surface area contributed by atoms with Gasteiger partial charge in [-0.15, -0.1) is 0 Å². The lowest BCUT2D eigenvalue weighted by Gasteiger charge is -2.25. The highest BCUT2D eigenvalue weighted by Crippen LogP contribution is 2.34. The van der Waals surface area contributed by atoms with Crippen LogP contribution in [0.25, 0.3) is 0 Å². The van der Waals surface area contributed by atoms with E-state index in [-0.39, 0.29) is 16.3 Å². The summed E-state index contributed by atoms with van der Waals surface area (Å²) in [7, 11) is -2.71. The van der Waals surface area contributed by atoms with E-state index in [4.69, 9.17) is 16.3 Å². The summed E-state index contributed by atoms with van der Waals surface area (Å²) in [6.07, 6.45) is 0. The quantitative estimate of drug-likeness (QED) is 0.221. The summed E-state index contributed by atoms with van der Waals surface area (Å²) >= 11 is 8.34. The number of ether oxygens (including phenoxy) is 1. The van der Waals surface area contributed by atoms with Crippen LogP contribution in [0.2, 0.25) is 5.02 Å². The minimum absolute atomic E-state index is 0.0338. The predicted octanol–water partition coefficient (Wildman–Crippen LogP) is 5.00. The van der Waals surface area contributed by atoms with E-state index in [1.165, 1.54) is 25.3 Å². The summed E-state index contributed by atoms with van der Waals surface area (Å²) < 4.78 is 34.5. The summed E-state index contributed by atoms with van der Waals surface area (Å²) in [5.41, 5.74) is 4.93. The first-order chi connectivity index (χ1) is 16.1. The van der Waals surface area contributed by atoms with Gasteiger partial charge in [0.1, 0.15) is 12.3 Å². The molecule has 34 heavy (non-hydrogen) atoms. The first kappa shape index (κ1) is 26.0. The van der Waals surface area contributed by atoms with Crippen molar-refractivity contribution in [2.45, 2.75) is 18.7 Å². The van der Waals surface area contributed by atoms with E-state index in [1.807, 2.05) is 31.2 Å². The number of hydrogen-bond donors (Lipinski definition) is 1. The van der Waals surface area contributed by atoms with Crippen LogP contribution in [-0.4, -0.2) is 33.7 Å². The Morgan fingerprint density at radius 3 is 2.47 bits per heavy atom. The lowest BCUT2D eigenvalue weighted by atomic mass is 10.1. The molecule has 0 aliphatic rings. The molecule has 0 spiro atoms. The molecule has 7 nitrogen and oxygen atoms in total. The molecule has 1 amide bonds. The average Bonchev–Trinajstić information content (AvgIpc) is 2.81. The number of methoxy groups -OCH3 is 1. The summed E-state index contributed by atoms with van der Waals surface area (Å²) in [5, 5.41) is 4.44. The molecular formula is C24H23ClIN3O4S.